The van der Waals surface area contributed by atoms with E-state index in [1.807, 2.05) is 0 Å². The number of rotatable bonds is 2. The number of anilines is 1. The Morgan fingerprint density at radius 2 is 2.22 bits per heavy atom. The van der Waals surface area contributed by atoms with E-state index >= 15 is 0 Å². The number of aromatic nitrogens is 2. The third kappa shape index (κ3) is 2.96. The van der Waals surface area contributed by atoms with Crippen molar-refractivity contribution in [2.24, 2.45) is 0 Å². The van der Waals surface area contributed by atoms with E-state index in [0.717, 1.165) is 10.7 Å². The van der Waals surface area contributed by atoms with Gasteiger partial charge in [-0.1, -0.05) is 11.6 Å². The van der Waals surface area contributed by atoms with E-state index in [2.05, 4.69) is 31.2 Å². The number of carbonyl (C=O) groups is 1. The van der Waals surface area contributed by atoms with Crippen LogP contribution in [-0.2, 0) is 0 Å². The first-order chi connectivity index (χ1) is 8.56. The second-order valence-corrected chi connectivity index (χ2v) is 4.64. The van der Waals surface area contributed by atoms with Gasteiger partial charge in [0.25, 0.3) is 11.5 Å². The van der Waals surface area contributed by atoms with E-state index in [1.54, 1.807) is 18.2 Å². The van der Waals surface area contributed by atoms with Crippen molar-refractivity contribution in [3.05, 3.63) is 56.1 Å². The van der Waals surface area contributed by atoms with Gasteiger partial charge in [-0.3, -0.25) is 9.59 Å². The summed E-state index contributed by atoms with van der Waals surface area (Å²) in [6.07, 6.45) is 2.29. The van der Waals surface area contributed by atoms with Gasteiger partial charge < -0.3 is 10.3 Å². The minimum absolute atomic E-state index is 0.119. The molecule has 0 spiro atoms. The zero-order chi connectivity index (χ0) is 13.1. The first kappa shape index (κ1) is 12.8. The second-order valence-electron chi connectivity index (χ2n) is 3.38. The number of nitrogens with one attached hydrogen (secondary N) is 2. The summed E-state index contributed by atoms with van der Waals surface area (Å²) < 4.78 is 0.740. The quantitative estimate of drug-likeness (QED) is 0.889. The van der Waals surface area contributed by atoms with Crippen LogP contribution in [0.25, 0.3) is 0 Å². The van der Waals surface area contributed by atoms with Crippen molar-refractivity contribution in [2.75, 3.05) is 5.32 Å². The van der Waals surface area contributed by atoms with Gasteiger partial charge in [0.1, 0.15) is 5.69 Å². The molecule has 0 fully saturated rings. The van der Waals surface area contributed by atoms with E-state index in [-0.39, 0.29) is 11.3 Å². The summed E-state index contributed by atoms with van der Waals surface area (Å²) in [7, 11) is 0. The van der Waals surface area contributed by atoms with Gasteiger partial charge in [-0.25, -0.2) is 4.98 Å². The van der Waals surface area contributed by atoms with Crippen molar-refractivity contribution in [3.63, 3.8) is 0 Å². The summed E-state index contributed by atoms with van der Waals surface area (Å²) in [6, 6.07) is 5.02. The number of H-pyrrole nitrogens is 1. The number of hydrogen-bond donors (Lipinski definition) is 2. The third-order valence-corrected chi connectivity index (χ3v) is 3.31. The lowest BCUT2D eigenvalue weighted by Crippen LogP contribution is -2.16. The molecule has 0 aliphatic carbocycles. The second kappa shape index (κ2) is 5.32. The molecule has 0 saturated heterocycles. The van der Waals surface area contributed by atoms with Crippen LogP contribution < -0.4 is 10.9 Å². The predicted octanol–water partition coefficient (Wildman–Crippen LogP) is 2.44. The Balaban J connectivity index is 2.18. The van der Waals surface area contributed by atoms with Crippen LogP contribution in [0.1, 0.15) is 10.5 Å². The minimum Gasteiger partial charge on any atom is -0.325 e. The first-order valence-corrected chi connectivity index (χ1v) is 6.04. The number of aromatic amines is 1. The van der Waals surface area contributed by atoms with Gasteiger partial charge >= 0.3 is 0 Å². The Hall–Kier alpha value is -1.66. The lowest BCUT2D eigenvalue weighted by molar-refractivity contribution is 0.102. The van der Waals surface area contributed by atoms with Crippen LogP contribution in [0.4, 0.5) is 5.69 Å². The maximum absolute atomic E-state index is 11.8. The van der Waals surface area contributed by atoms with Crippen LogP contribution in [0.3, 0.4) is 0 Å². The van der Waals surface area contributed by atoms with Gasteiger partial charge in [-0.05, 0) is 34.1 Å². The zero-order valence-electron chi connectivity index (χ0n) is 8.91. The topological polar surface area (TPSA) is 74.8 Å². The number of benzene rings is 1. The Morgan fingerprint density at radius 3 is 2.83 bits per heavy atom. The zero-order valence-corrected chi connectivity index (χ0v) is 11.2. The highest BCUT2D eigenvalue weighted by Gasteiger charge is 2.08. The van der Waals surface area contributed by atoms with Crippen molar-refractivity contribution in [1.82, 2.24) is 9.97 Å². The lowest BCUT2D eigenvalue weighted by Gasteiger charge is -2.05. The smallest absolute Gasteiger partial charge is 0.275 e. The first-order valence-electron chi connectivity index (χ1n) is 4.87. The maximum atomic E-state index is 11.8. The highest BCUT2D eigenvalue weighted by molar-refractivity contribution is 9.10. The molecule has 1 aromatic heterocycles. The Labute approximate surface area is 115 Å². The van der Waals surface area contributed by atoms with Crippen LogP contribution in [0, 0.1) is 0 Å². The van der Waals surface area contributed by atoms with Crippen molar-refractivity contribution >= 4 is 39.1 Å². The van der Waals surface area contributed by atoms with Crippen LogP contribution >= 0.6 is 27.5 Å². The monoisotopic (exact) mass is 327 g/mol. The van der Waals surface area contributed by atoms with Crippen LogP contribution in [0.2, 0.25) is 5.02 Å². The van der Waals surface area contributed by atoms with E-state index in [4.69, 9.17) is 11.6 Å². The molecule has 1 heterocycles. The molecule has 0 unspecified atom stereocenters. The van der Waals surface area contributed by atoms with Crippen molar-refractivity contribution in [1.29, 1.82) is 0 Å². The van der Waals surface area contributed by atoms with E-state index in [9.17, 15) is 9.59 Å². The molecule has 0 radical (unpaired) electrons. The predicted molar refractivity (Wildman–Crippen MR) is 72.0 cm³/mol. The summed E-state index contributed by atoms with van der Waals surface area (Å²) in [5.74, 6) is -0.426. The summed E-state index contributed by atoms with van der Waals surface area (Å²) in [5, 5.41) is 3.11. The van der Waals surface area contributed by atoms with Gasteiger partial charge in [0.2, 0.25) is 0 Å². The highest BCUT2D eigenvalue weighted by atomic mass is 79.9. The van der Waals surface area contributed by atoms with Gasteiger partial charge in [-0.2, -0.15) is 0 Å². The molecular formula is C11H7BrClN3O2. The maximum Gasteiger partial charge on any atom is 0.275 e. The van der Waals surface area contributed by atoms with Crippen LogP contribution in [0.15, 0.2) is 39.9 Å². The molecule has 2 N–H and O–H groups in total. The fourth-order valence-corrected chi connectivity index (χ4v) is 1.66. The van der Waals surface area contributed by atoms with E-state index in [1.165, 1.54) is 6.20 Å². The molecule has 7 heteroatoms. The average Bonchev–Trinajstić information content (AvgIpc) is 2.34. The van der Waals surface area contributed by atoms with Gasteiger partial charge in [0, 0.05) is 16.4 Å². The largest absolute Gasteiger partial charge is 0.325 e. The fraction of sp³-hybridized carbons (Fsp3) is 0. The molecule has 5 nitrogen and oxygen atoms in total. The molecule has 1 aromatic carbocycles. The lowest BCUT2D eigenvalue weighted by atomic mass is 10.3. The van der Waals surface area contributed by atoms with Gasteiger partial charge in [-0.15, -0.1) is 0 Å². The molecule has 0 saturated carbocycles. The molecular weight excluding hydrogens is 321 g/mol. The van der Waals surface area contributed by atoms with Crippen molar-refractivity contribution < 1.29 is 4.79 Å². The number of halogens is 2. The number of hydrogen-bond acceptors (Lipinski definition) is 3. The van der Waals surface area contributed by atoms with Crippen molar-refractivity contribution in [3.8, 4) is 0 Å². The summed E-state index contributed by atoms with van der Waals surface area (Å²) in [6.45, 7) is 0. The molecule has 0 aliphatic rings. The number of amides is 1. The molecule has 18 heavy (non-hydrogen) atoms. The van der Waals surface area contributed by atoms with E-state index < -0.39 is 5.91 Å². The molecule has 0 bridgehead atoms. The number of nitrogens with zero attached hydrogens (tertiary/aromatic N) is 1. The average molecular weight is 329 g/mol. The minimum atomic E-state index is -0.426. The molecule has 2 rings (SSSR count). The standard InChI is InChI=1S/C11H7BrClN3O2/c12-7-2-1-6(3-8(7)13)16-11(18)9-4-15-10(17)5-14-9/h1-5H,(H,15,17)(H,16,18). The summed E-state index contributed by atoms with van der Waals surface area (Å²) in [5.41, 5.74) is 0.299. The Morgan fingerprint density at radius 1 is 1.44 bits per heavy atom. The molecule has 2 aromatic rings. The molecule has 0 aliphatic heterocycles. The Kier molecular flexibility index (Phi) is 3.78. The van der Waals surface area contributed by atoms with Crippen LogP contribution in [-0.4, -0.2) is 15.9 Å². The highest BCUT2D eigenvalue weighted by Crippen LogP contribution is 2.25. The third-order valence-electron chi connectivity index (χ3n) is 2.08. The Bertz CT molecular complexity index is 636. The normalized spacial score (nSPS) is 10.1. The van der Waals surface area contributed by atoms with E-state index in [0.29, 0.717) is 10.7 Å². The number of carbonyl (C=O) groups excluding carboxylic acids is 1. The molecule has 1 amide bonds. The van der Waals surface area contributed by atoms with Crippen LogP contribution in [0.5, 0.6) is 0 Å². The SMILES string of the molecule is O=C(Nc1ccc(Br)c(Cl)c1)c1c[nH]c(=O)cn1. The summed E-state index contributed by atoms with van der Waals surface area (Å²) >= 11 is 9.15. The van der Waals surface area contributed by atoms with Crippen molar-refractivity contribution in [2.45, 2.75) is 0 Å². The summed E-state index contributed by atoms with van der Waals surface area (Å²) in [4.78, 5) is 28.7. The molecule has 92 valence electrons. The molecule has 0 atom stereocenters. The van der Waals surface area contributed by atoms with Gasteiger partial charge in [0.15, 0.2) is 0 Å². The fourth-order valence-electron chi connectivity index (χ4n) is 1.24. The van der Waals surface area contributed by atoms with Gasteiger partial charge in [0.05, 0.1) is 11.2 Å².